The van der Waals surface area contributed by atoms with Crippen LogP contribution in [0.1, 0.15) is 0 Å². The molecule has 2 nitrogen and oxygen atoms in total. The number of aryl methyl sites for hydroxylation is 1. The maximum atomic E-state index is 5.21. The van der Waals surface area contributed by atoms with Crippen LogP contribution in [0, 0.1) is 12.3 Å². The summed E-state index contributed by atoms with van der Waals surface area (Å²) in [4.78, 5) is 4.80. The Balaban J connectivity index is 1.95. The molecule has 2 aromatic carbocycles. The average molecular weight is 304 g/mol. The van der Waals surface area contributed by atoms with Gasteiger partial charge in [0.1, 0.15) is 5.82 Å². The number of hydrogen-bond donors (Lipinski definition) is 0. The number of thioether (sulfide) groups is 1. The van der Waals surface area contributed by atoms with Crippen molar-refractivity contribution in [3.05, 3.63) is 66.1 Å². The van der Waals surface area contributed by atoms with Gasteiger partial charge in [0.25, 0.3) is 0 Å². The molecule has 0 amide bonds. The number of nitrogens with zero attached hydrogens (tertiary/aromatic N) is 2. The number of rotatable bonds is 5. The first-order valence-corrected chi connectivity index (χ1v) is 8.18. The first kappa shape index (κ1) is 14.5. The SMILES string of the molecule is C#C/C=C\SCCn1c(-c2ccccc2)nc2ccccc21. The lowest BCUT2D eigenvalue weighted by Gasteiger charge is -2.08. The Morgan fingerprint density at radius 1 is 1.09 bits per heavy atom. The Kier molecular flexibility index (Phi) is 4.62. The number of imidazole rings is 1. The molecule has 0 saturated carbocycles. The molecule has 0 spiro atoms. The minimum absolute atomic E-state index is 0.893. The second-order valence-electron chi connectivity index (χ2n) is 4.78. The van der Waals surface area contributed by atoms with Crippen LogP contribution in [0.15, 0.2) is 66.1 Å². The third-order valence-corrected chi connectivity index (χ3v) is 4.13. The van der Waals surface area contributed by atoms with Crippen molar-refractivity contribution in [1.29, 1.82) is 0 Å². The Morgan fingerprint density at radius 3 is 2.68 bits per heavy atom. The summed E-state index contributed by atoms with van der Waals surface area (Å²) in [5.41, 5.74) is 3.34. The topological polar surface area (TPSA) is 17.8 Å². The van der Waals surface area contributed by atoms with Gasteiger partial charge in [-0.15, -0.1) is 18.2 Å². The van der Waals surface area contributed by atoms with E-state index in [4.69, 9.17) is 11.4 Å². The van der Waals surface area contributed by atoms with E-state index in [-0.39, 0.29) is 0 Å². The highest BCUT2D eigenvalue weighted by molar-refractivity contribution is 8.02. The molecule has 0 unspecified atom stereocenters. The summed E-state index contributed by atoms with van der Waals surface area (Å²) in [5, 5.41) is 1.96. The van der Waals surface area contributed by atoms with Crippen molar-refractivity contribution in [1.82, 2.24) is 9.55 Å². The van der Waals surface area contributed by atoms with Gasteiger partial charge in [-0.25, -0.2) is 4.98 Å². The number of benzene rings is 2. The third-order valence-electron chi connectivity index (χ3n) is 3.38. The smallest absolute Gasteiger partial charge is 0.141 e. The minimum Gasteiger partial charge on any atom is -0.323 e. The molecule has 0 fully saturated rings. The highest BCUT2D eigenvalue weighted by atomic mass is 32.2. The lowest BCUT2D eigenvalue weighted by Crippen LogP contribution is -2.02. The summed E-state index contributed by atoms with van der Waals surface area (Å²) in [7, 11) is 0. The van der Waals surface area contributed by atoms with Gasteiger partial charge in [-0.1, -0.05) is 48.4 Å². The Bertz CT molecular complexity index is 826. The van der Waals surface area contributed by atoms with Crippen LogP contribution >= 0.6 is 11.8 Å². The molecule has 0 atom stereocenters. The van der Waals surface area contributed by atoms with E-state index in [0.29, 0.717) is 0 Å². The summed E-state index contributed by atoms with van der Waals surface area (Å²) in [6.07, 6.45) is 6.95. The van der Waals surface area contributed by atoms with Crippen molar-refractivity contribution >= 4 is 22.8 Å². The summed E-state index contributed by atoms with van der Waals surface area (Å²) >= 11 is 1.72. The molecule has 1 aromatic heterocycles. The van der Waals surface area contributed by atoms with E-state index in [0.717, 1.165) is 29.2 Å². The quantitative estimate of drug-likeness (QED) is 0.507. The van der Waals surface area contributed by atoms with E-state index < -0.39 is 0 Å². The zero-order valence-electron chi connectivity index (χ0n) is 12.1. The monoisotopic (exact) mass is 304 g/mol. The highest BCUT2D eigenvalue weighted by Crippen LogP contribution is 2.25. The second-order valence-corrected chi connectivity index (χ2v) is 5.80. The fourth-order valence-electron chi connectivity index (χ4n) is 2.41. The van der Waals surface area contributed by atoms with Crippen molar-refractivity contribution in [3.63, 3.8) is 0 Å². The van der Waals surface area contributed by atoms with Crippen molar-refractivity contribution in [2.75, 3.05) is 5.75 Å². The number of allylic oxidation sites excluding steroid dienone is 1. The predicted molar refractivity (Wildman–Crippen MR) is 95.6 cm³/mol. The summed E-state index contributed by atoms with van der Waals surface area (Å²) in [6.45, 7) is 0.893. The van der Waals surface area contributed by atoms with Crippen LogP contribution in [0.3, 0.4) is 0 Å². The molecule has 3 rings (SSSR count). The van der Waals surface area contributed by atoms with E-state index in [1.807, 2.05) is 29.7 Å². The van der Waals surface area contributed by atoms with E-state index in [1.165, 1.54) is 5.52 Å². The second kappa shape index (κ2) is 7.02. The Morgan fingerprint density at radius 2 is 1.86 bits per heavy atom. The van der Waals surface area contributed by atoms with E-state index in [2.05, 4.69) is 40.8 Å². The molecule has 0 aliphatic carbocycles. The van der Waals surface area contributed by atoms with Gasteiger partial charge in [-0.2, -0.15) is 0 Å². The fraction of sp³-hybridized carbons (Fsp3) is 0.105. The van der Waals surface area contributed by atoms with E-state index in [1.54, 1.807) is 17.8 Å². The largest absolute Gasteiger partial charge is 0.323 e. The van der Waals surface area contributed by atoms with Gasteiger partial charge in [0.05, 0.1) is 11.0 Å². The molecule has 3 heteroatoms. The number of hydrogen-bond acceptors (Lipinski definition) is 2. The van der Waals surface area contributed by atoms with Crippen molar-refractivity contribution in [2.45, 2.75) is 6.54 Å². The van der Waals surface area contributed by atoms with Crippen LogP contribution < -0.4 is 0 Å². The molecule has 1 heterocycles. The van der Waals surface area contributed by atoms with Crippen LogP contribution in [0.5, 0.6) is 0 Å². The maximum absolute atomic E-state index is 5.21. The van der Waals surface area contributed by atoms with Gasteiger partial charge < -0.3 is 4.57 Å². The van der Waals surface area contributed by atoms with Crippen LogP contribution in [0.4, 0.5) is 0 Å². The molecule has 0 aliphatic heterocycles. The van der Waals surface area contributed by atoms with Gasteiger partial charge in [-0.3, -0.25) is 0 Å². The molecule has 0 N–H and O–H groups in total. The maximum Gasteiger partial charge on any atom is 0.141 e. The zero-order valence-corrected chi connectivity index (χ0v) is 13.0. The number of para-hydroxylation sites is 2. The van der Waals surface area contributed by atoms with Crippen LogP contribution in [0.25, 0.3) is 22.4 Å². The molecular formula is C19H16N2S. The Labute approximate surface area is 134 Å². The normalized spacial score (nSPS) is 11.0. The molecule has 0 radical (unpaired) electrons. The van der Waals surface area contributed by atoms with Crippen molar-refractivity contribution in [2.24, 2.45) is 0 Å². The first-order valence-electron chi connectivity index (χ1n) is 7.13. The lowest BCUT2D eigenvalue weighted by atomic mass is 10.2. The highest BCUT2D eigenvalue weighted by Gasteiger charge is 2.11. The number of fused-ring (bicyclic) bond motifs is 1. The number of aromatic nitrogens is 2. The van der Waals surface area contributed by atoms with Crippen LogP contribution in [0.2, 0.25) is 0 Å². The number of terminal acetylenes is 1. The predicted octanol–water partition coefficient (Wildman–Crippen LogP) is 4.58. The van der Waals surface area contributed by atoms with Crippen LogP contribution in [-0.2, 0) is 6.54 Å². The first-order chi connectivity index (χ1) is 10.9. The van der Waals surface area contributed by atoms with Crippen molar-refractivity contribution in [3.8, 4) is 23.7 Å². The molecule has 0 saturated heterocycles. The summed E-state index contributed by atoms with van der Waals surface area (Å²) < 4.78 is 2.28. The minimum atomic E-state index is 0.893. The van der Waals surface area contributed by atoms with E-state index >= 15 is 0 Å². The lowest BCUT2D eigenvalue weighted by molar-refractivity contribution is 0.807. The van der Waals surface area contributed by atoms with Crippen molar-refractivity contribution < 1.29 is 0 Å². The van der Waals surface area contributed by atoms with Gasteiger partial charge in [0, 0.05) is 17.9 Å². The van der Waals surface area contributed by atoms with Gasteiger partial charge in [0.2, 0.25) is 0 Å². The molecular weight excluding hydrogens is 288 g/mol. The molecule has 3 aromatic rings. The van der Waals surface area contributed by atoms with Crippen LogP contribution in [-0.4, -0.2) is 15.3 Å². The van der Waals surface area contributed by atoms with E-state index in [9.17, 15) is 0 Å². The fourth-order valence-corrected chi connectivity index (χ4v) is 3.01. The van der Waals surface area contributed by atoms with Gasteiger partial charge in [0.15, 0.2) is 0 Å². The Hall–Kier alpha value is -2.44. The average Bonchev–Trinajstić information content (AvgIpc) is 2.94. The summed E-state index contributed by atoms with van der Waals surface area (Å²) in [5.74, 6) is 4.48. The standard InChI is InChI=1S/C19H16N2S/c1-2-3-14-22-15-13-21-18-12-8-7-11-17(18)20-19(21)16-9-5-4-6-10-16/h1,3-12,14H,13,15H2/b14-3-. The molecule has 108 valence electrons. The molecule has 0 aliphatic rings. The zero-order chi connectivity index (χ0) is 15.2. The summed E-state index contributed by atoms with van der Waals surface area (Å²) in [6, 6.07) is 18.6. The van der Waals surface area contributed by atoms with Gasteiger partial charge in [-0.05, 0) is 23.6 Å². The molecule has 22 heavy (non-hydrogen) atoms. The molecule has 0 bridgehead atoms. The third kappa shape index (κ3) is 3.08. The van der Waals surface area contributed by atoms with Gasteiger partial charge >= 0.3 is 0 Å².